The number of hydrogen-bond donors (Lipinski definition) is 1. The SMILES string of the molecule is CNC(c1cc(Cl)c(Br)s1)C1(C)CCCO1. The molecule has 0 spiro atoms. The molecule has 0 aliphatic carbocycles. The van der Waals surface area contributed by atoms with Crippen molar-refractivity contribution in [1.29, 1.82) is 0 Å². The summed E-state index contributed by atoms with van der Waals surface area (Å²) in [5.74, 6) is 0. The number of thiophene rings is 1. The molecule has 2 nitrogen and oxygen atoms in total. The molecule has 1 fully saturated rings. The Morgan fingerprint density at radius 3 is 2.88 bits per heavy atom. The largest absolute Gasteiger partial charge is 0.373 e. The average molecular weight is 325 g/mol. The zero-order valence-electron chi connectivity index (χ0n) is 9.35. The highest BCUT2D eigenvalue weighted by Crippen LogP contribution is 2.43. The zero-order valence-corrected chi connectivity index (χ0v) is 12.5. The lowest BCUT2D eigenvalue weighted by Crippen LogP contribution is -2.39. The molecule has 2 unspecified atom stereocenters. The summed E-state index contributed by atoms with van der Waals surface area (Å²) in [7, 11) is 1.97. The molecule has 0 amide bonds. The summed E-state index contributed by atoms with van der Waals surface area (Å²) in [6, 6.07) is 2.23. The van der Waals surface area contributed by atoms with Crippen LogP contribution < -0.4 is 5.32 Å². The first-order valence-electron chi connectivity index (χ1n) is 5.33. The van der Waals surface area contributed by atoms with Gasteiger partial charge in [-0.2, -0.15) is 0 Å². The molecule has 1 aliphatic rings. The minimum atomic E-state index is -0.109. The number of halogens is 2. The standard InChI is InChI=1S/C11H15BrClNOS/c1-11(4-3-5-15-11)9(14-2)8-6-7(13)10(12)16-8/h6,9,14H,3-5H2,1-2H3. The van der Waals surface area contributed by atoms with Crippen LogP contribution in [0.15, 0.2) is 9.85 Å². The average Bonchev–Trinajstić information content (AvgIpc) is 2.77. The van der Waals surface area contributed by atoms with Crippen LogP contribution in [-0.2, 0) is 4.74 Å². The van der Waals surface area contributed by atoms with Crippen molar-refractivity contribution in [2.75, 3.05) is 13.7 Å². The third-order valence-corrected chi connectivity index (χ3v) is 5.64. The lowest BCUT2D eigenvalue weighted by molar-refractivity contribution is -0.00948. The van der Waals surface area contributed by atoms with E-state index >= 15 is 0 Å². The molecule has 1 saturated heterocycles. The molecule has 1 aromatic heterocycles. The summed E-state index contributed by atoms with van der Waals surface area (Å²) in [4.78, 5) is 1.23. The summed E-state index contributed by atoms with van der Waals surface area (Å²) >= 11 is 11.2. The molecule has 0 saturated carbocycles. The third-order valence-electron chi connectivity index (χ3n) is 3.10. The Morgan fingerprint density at radius 2 is 2.44 bits per heavy atom. The lowest BCUT2D eigenvalue weighted by Gasteiger charge is -2.32. The predicted octanol–water partition coefficient (Wildman–Crippen LogP) is 3.99. The maximum absolute atomic E-state index is 6.08. The predicted molar refractivity (Wildman–Crippen MR) is 72.4 cm³/mol. The van der Waals surface area contributed by atoms with E-state index in [0.29, 0.717) is 0 Å². The molecule has 2 atom stereocenters. The van der Waals surface area contributed by atoms with Crippen molar-refractivity contribution in [1.82, 2.24) is 5.32 Å². The summed E-state index contributed by atoms with van der Waals surface area (Å²) in [5.41, 5.74) is -0.109. The summed E-state index contributed by atoms with van der Waals surface area (Å²) in [5, 5.41) is 4.13. The molecule has 1 aromatic rings. The molecule has 2 heterocycles. The van der Waals surface area contributed by atoms with Crippen LogP contribution in [-0.4, -0.2) is 19.3 Å². The molecular weight excluding hydrogens is 310 g/mol. The van der Waals surface area contributed by atoms with Crippen LogP contribution in [0.2, 0.25) is 5.02 Å². The van der Waals surface area contributed by atoms with E-state index in [9.17, 15) is 0 Å². The monoisotopic (exact) mass is 323 g/mol. The molecule has 0 radical (unpaired) electrons. The molecule has 2 rings (SSSR count). The fraction of sp³-hybridized carbons (Fsp3) is 0.636. The van der Waals surface area contributed by atoms with Gasteiger partial charge >= 0.3 is 0 Å². The molecule has 90 valence electrons. The number of hydrogen-bond acceptors (Lipinski definition) is 3. The van der Waals surface area contributed by atoms with Crippen molar-refractivity contribution >= 4 is 38.9 Å². The van der Waals surface area contributed by atoms with Gasteiger partial charge in [0.1, 0.15) is 0 Å². The molecule has 0 bridgehead atoms. The van der Waals surface area contributed by atoms with Crippen molar-refractivity contribution in [3.63, 3.8) is 0 Å². The molecule has 16 heavy (non-hydrogen) atoms. The maximum Gasteiger partial charge on any atom is 0.0888 e. The first kappa shape index (κ1) is 12.8. The Morgan fingerprint density at radius 1 is 1.69 bits per heavy atom. The fourth-order valence-electron chi connectivity index (χ4n) is 2.28. The van der Waals surface area contributed by atoms with E-state index in [2.05, 4.69) is 28.2 Å². The minimum absolute atomic E-state index is 0.109. The number of nitrogens with one attached hydrogen (secondary N) is 1. The summed E-state index contributed by atoms with van der Waals surface area (Å²) in [6.07, 6.45) is 2.22. The second-order valence-electron chi connectivity index (χ2n) is 4.26. The quantitative estimate of drug-likeness (QED) is 0.907. The Balaban J connectivity index is 2.28. The van der Waals surface area contributed by atoms with Gasteiger partial charge in [-0.1, -0.05) is 11.6 Å². The first-order chi connectivity index (χ1) is 7.57. The van der Waals surface area contributed by atoms with E-state index in [0.717, 1.165) is 28.3 Å². The van der Waals surface area contributed by atoms with E-state index in [1.54, 1.807) is 11.3 Å². The van der Waals surface area contributed by atoms with Crippen LogP contribution in [0.3, 0.4) is 0 Å². The summed E-state index contributed by atoms with van der Waals surface area (Å²) < 4.78 is 6.87. The summed E-state index contributed by atoms with van der Waals surface area (Å²) in [6.45, 7) is 3.03. The Hall–Kier alpha value is 0.390. The van der Waals surface area contributed by atoms with Crippen molar-refractivity contribution in [3.8, 4) is 0 Å². The van der Waals surface area contributed by atoms with Gasteiger partial charge in [0.05, 0.1) is 20.5 Å². The van der Waals surface area contributed by atoms with Gasteiger partial charge in [0, 0.05) is 11.5 Å². The van der Waals surface area contributed by atoms with E-state index in [1.165, 1.54) is 4.88 Å². The number of likely N-dealkylation sites (N-methyl/N-ethyl adjacent to an activating group) is 1. The van der Waals surface area contributed by atoms with E-state index < -0.39 is 0 Å². The molecule has 5 heteroatoms. The van der Waals surface area contributed by atoms with E-state index in [1.807, 2.05) is 13.1 Å². The van der Waals surface area contributed by atoms with Gasteiger partial charge in [-0.25, -0.2) is 0 Å². The van der Waals surface area contributed by atoms with Gasteiger partial charge in [0.15, 0.2) is 0 Å². The highest BCUT2D eigenvalue weighted by Gasteiger charge is 2.39. The smallest absolute Gasteiger partial charge is 0.0888 e. The molecule has 1 N–H and O–H groups in total. The van der Waals surface area contributed by atoms with Crippen LogP contribution in [0.5, 0.6) is 0 Å². The Labute approximate surface area is 113 Å². The Bertz CT molecular complexity index is 357. The van der Waals surface area contributed by atoms with Crippen LogP contribution >= 0.6 is 38.9 Å². The highest BCUT2D eigenvalue weighted by molar-refractivity contribution is 9.11. The van der Waals surface area contributed by atoms with Crippen LogP contribution in [0.1, 0.15) is 30.7 Å². The van der Waals surface area contributed by atoms with E-state index in [-0.39, 0.29) is 11.6 Å². The molecular formula is C11H15BrClNOS. The topological polar surface area (TPSA) is 21.3 Å². The lowest BCUT2D eigenvalue weighted by atomic mass is 9.92. The van der Waals surface area contributed by atoms with Gasteiger partial charge in [-0.05, 0) is 48.8 Å². The first-order valence-corrected chi connectivity index (χ1v) is 7.31. The van der Waals surface area contributed by atoms with Gasteiger partial charge in [0.2, 0.25) is 0 Å². The van der Waals surface area contributed by atoms with Crippen LogP contribution in [0.4, 0.5) is 0 Å². The number of rotatable bonds is 3. The van der Waals surface area contributed by atoms with Crippen molar-refractivity contribution < 1.29 is 4.74 Å². The maximum atomic E-state index is 6.08. The Kier molecular flexibility index (Phi) is 3.97. The second kappa shape index (κ2) is 4.94. The van der Waals surface area contributed by atoms with Gasteiger partial charge in [0.25, 0.3) is 0 Å². The van der Waals surface area contributed by atoms with Gasteiger partial charge in [-0.3, -0.25) is 0 Å². The van der Waals surface area contributed by atoms with Gasteiger partial charge in [-0.15, -0.1) is 11.3 Å². The second-order valence-corrected chi connectivity index (χ2v) is 7.07. The molecule has 1 aliphatic heterocycles. The van der Waals surface area contributed by atoms with Crippen LogP contribution in [0, 0.1) is 0 Å². The third kappa shape index (κ3) is 2.31. The number of ether oxygens (including phenoxy) is 1. The molecule has 0 aromatic carbocycles. The van der Waals surface area contributed by atoms with Crippen molar-refractivity contribution in [2.24, 2.45) is 0 Å². The normalized spacial score (nSPS) is 27.2. The van der Waals surface area contributed by atoms with E-state index in [4.69, 9.17) is 16.3 Å². The minimum Gasteiger partial charge on any atom is -0.373 e. The van der Waals surface area contributed by atoms with Crippen molar-refractivity contribution in [2.45, 2.75) is 31.4 Å². The van der Waals surface area contributed by atoms with Gasteiger partial charge < -0.3 is 10.1 Å². The zero-order chi connectivity index (χ0) is 11.8. The van der Waals surface area contributed by atoms with Crippen molar-refractivity contribution in [3.05, 3.63) is 19.8 Å². The fourth-order valence-corrected chi connectivity index (χ4v) is 4.28. The van der Waals surface area contributed by atoms with Crippen LogP contribution in [0.25, 0.3) is 0 Å². The highest BCUT2D eigenvalue weighted by atomic mass is 79.9.